The highest BCUT2D eigenvalue weighted by atomic mass is 32.1. The van der Waals surface area contributed by atoms with Crippen LogP contribution in [0.15, 0.2) is 6.20 Å². The SMILES string of the molecule is Cc1ncc(C(C)NCC(C)O)s1. The van der Waals surface area contributed by atoms with E-state index in [0.29, 0.717) is 6.54 Å². The normalized spacial score (nSPS) is 15.7. The van der Waals surface area contributed by atoms with Crippen molar-refractivity contribution in [1.29, 1.82) is 0 Å². The zero-order valence-electron chi connectivity index (χ0n) is 8.24. The monoisotopic (exact) mass is 200 g/mol. The highest BCUT2D eigenvalue weighted by Gasteiger charge is 2.08. The van der Waals surface area contributed by atoms with E-state index in [2.05, 4.69) is 17.2 Å². The van der Waals surface area contributed by atoms with Gasteiger partial charge in [0.25, 0.3) is 0 Å². The molecule has 1 rings (SSSR count). The van der Waals surface area contributed by atoms with E-state index < -0.39 is 0 Å². The molecule has 1 aromatic rings. The van der Waals surface area contributed by atoms with Crippen LogP contribution in [0, 0.1) is 6.92 Å². The fourth-order valence-electron chi connectivity index (χ4n) is 1.03. The number of hydrogen-bond donors (Lipinski definition) is 2. The van der Waals surface area contributed by atoms with Crippen LogP contribution >= 0.6 is 11.3 Å². The van der Waals surface area contributed by atoms with Gasteiger partial charge in [-0.25, -0.2) is 4.98 Å². The predicted molar refractivity (Wildman–Crippen MR) is 54.9 cm³/mol. The molecule has 0 radical (unpaired) electrons. The summed E-state index contributed by atoms with van der Waals surface area (Å²) in [4.78, 5) is 5.40. The summed E-state index contributed by atoms with van der Waals surface area (Å²) in [6.07, 6.45) is 1.59. The van der Waals surface area contributed by atoms with Crippen molar-refractivity contribution in [3.8, 4) is 0 Å². The first-order valence-electron chi connectivity index (χ1n) is 4.43. The molecule has 0 aliphatic heterocycles. The van der Waals surface area contributed by atoms with Gasteiger partial charge < -0.3 is 10.4 Å². The van der Waals surface area contributed by atoms with Crippen LogP contribution in [0.1, 0.15) is 29.8 Å². The van der Waals surface area contributed by atoms with Crippen LogP contribution in [0.4, 0.5) is 0 Å². The van der Waals surface area contributed by atoms with Crippen LogP contribution < -0.4 is 5.32 Å². The molecule has 0 amide bonds. The Balaban J connectivity index is 2.44. The maximum atomic E-state index is 9.08. The minimum Gasteiger partial charge on any atom is -0.392 e. The number of aromatic nitrogens is 1. The molecule has 0 saturated carbocycles. The van der Waals surface area contributed by atoms with Gasteiger partial charge in [0.15, 0.2) is 0 Å². The van der Waals surface area contributed by atoms with Gasteiger partial charge in [-0.15, -0.1) is 11.3 Å². The summed E-state index contributed by atoms with van der Waals surface area (Å²) in [5.74, 6) is 0. The van der Waals surface area contributed by atoms with E-state index in [1.54, 1.807) is 18.3 Å². The third kappa shape index (κ3) is 3.42. The molecule has 2 atom stereocenters. The van der Waals surface area contributed by atoms with Crippen molar-refractivity contribution in [1.82, 2.24) is 10.3 Å². The molecule has 2 N–H and O–H groups in total. The lowest BCUT2D eigenvalue weighted by Gasteiger charge is -2.12. The zero-order valence-corrected chi connectivity index (χ0v) is 9.06. The van der Waals surface area contributed by atoms with Crippen molar-refractivity contribution in [3.05, 3.63) is 16.1 Å². The average Bonchev–Trinajstić information content (AvgIpc) is 2.47. The quantitative estimate of drug-likeness (QED) is 0.774. The molecule has 0 aliphatic rings. The van der Waals surface area contributed by atoms with Gasteiger partial charge in [-0.05, 0) is 20.8 Å². The molecule has 1 heterocycles. The molecule has 4 heteroatoms. The summed E-state index contributed by atoms with van der Waals surface area (Å²) in [6.45, 7) is 6.47. The van der Waals surface area contributed by atoms with Gasteiger partial charge in [0.2, 0.25) is 0 Å². The molecule has 0 fully saturated rings. The fourth-order valence-corrected chi connectivity index (χ4v) is 1.84. The van der Waals surface area contributed by atoms with Crippen molar-refractivity contribution in [2.45, 2.75) is 32.9 Å². The minimum atomic E-state index is -0.295. The Hall–Kier alpha value is -0.450. The second-order valence-corrected chi connectivity index (χ2v) is 4.53. The standard InChI is InChI=1S/C9H16N2OS/c1-6(12)4-10-7(2)9-5-11-8(3)13-9/h5-7,10,12H,4H2,1-3H3. The van der Waals surface area contributed by atoms with Gasteiger partial charge in [-0.3, -0.25) is 0 Å². The molecule has 74 valence electrons. The Labute approximate surface area is 82.8 Å². The van der Waals surface area contributed by atoms with Gasteiger partial charge in [0.05, 0.1) is 11.1 Å². The van der Waals surface area contributed by atoms with Crippen molar-refractivity contribution in [3.63, 3.8) is 0 Å². The minimum absolute atomic E-state index is 0.279. The molecular weight excluding hydrogens is 184 g/mol. The van der Waals surface area contributed by atoms with Crippen LogP contribution in [0.25, 0.3) is 0 Å². The van der Waals surface area contributed by atoms with Crippen LogP contribution in [0.2, 0.25) is 0 Å². The molecule has 0 bridgehead atoms. The fraction of sp³-hybridized carbons (Fsp3) is 0.667. The second-order valence-electron chi connectivity index (χ2n) is 3.26. The van der Waals surface area contributed by atoms with Gasteiger partial charge in [0, 0.05) is 23.7 Å². The van der Waals surface area contributed by atoms with E-state index in [0.717, 1.165) is 5.01 Å². The molecule has 3 nitrogen and oxygen atoms in total. The summed E-state index contributed by atoms with van der Waals surface area (Å²) >= 11 is 1.69. The topological polar surface area (TPSA) is 45.2 Å². The maximum Gasteiger partial charge on any atom is 0.0897 e. The van der Waals surface area contributed by atoms with E-state index >= 15 is 0 Å². The smallest absolute Gasteiger partial charge is 0.0897 e. The third-order valence-corrected chi connectivity index (χ3v) is 2.88. The lowest BCUT2D eigenvalue weighted by Crippen LogP contribution is -2.26. The summed E-state index contributed by atoms with van der Waals surface area (Å²) in [5.41, 5.74) is 0. The summed E-state index contributed by atoms with van der Waals surface area (Å²) < 4.78 is 0. The molecule has 1 aromatic heterocycles. The van der Waals surface area contributed by atoms with E-state index in [1.807, 2.05) is 13.1 Å². The van der Waals surface area contributed by atoms with Crippen LogP contribution in [-0.2, 0) is 0 Å². The highest BCUT2D eigenvalue weighted by Crippen LogP contribution is 2.19. The average molecular weight is 200 g/mol. The van der Waals surface area contributed by atoms with E-state index in [4.69, 9.17) is 5.11 Å². The summed E-state index contributed by atoms with van der Waals surface area (Å²) in [6, 6.07) is 0.279. The molecule has 0 aliphatic carbocycles. The van der Waals surface area contributed by atoms with Crippen LogP contribution in [-0.4, -0.2) is 22.7 Å². The number of aliphatic hydroxyl groups excluding tert-OH is 1. The van der Waals surface area contributed by atoms with E-state index in [1.165, 1.54) is 4.88 Å². The van der Waals surface area contributed by atoms with Gasteiger partial charge in [0.1, 0.15) is 0 Å². The van der Waals surface area contributed by atoms with Crippen molar-refractivity contribution in [2.24, 2.45) is 0 Å². The van der Waals surface area contributed by atoms with Crippen molar-refractivity contribution < 1.29 is 5.11 Å². The second kappa shape index (κ2) is 4.69. The largest absolute Gasteiger partial charge is 0.392 e. The Bertz CT molecular complexity index is 260. The van der Waals surface area contributed by atoms with Gasteiger partial charge in [-0.2, -0.15) is 0 Å². The van der Waals surface area contributed by atoms with Gasteiger partial charge >= 0.3 is 0 Å². The Kier molecular flexibility index (Phi) is 3.84. The van der Waals surface area contributed by atoms with Crippen LogP contribution in [0.3, 0.4) is 0 Å². The number of aryl methyl sites for hydroxylation is 1. The number of aliphatic hydroxyl groups is 1. The summed E-state index contributed by atoms with van der Waals surface area (Å²) in [7, 11) is 0. The first kappa shape index (κ1) is 10.6. The first-order chi connectivity index (χ1) is 6.09. The molecule has 13 heavy (non-hydrogen) atoms. The molecule has 0 aromatic carbocycles. The molecule has 2 unspecified atom stereocenters. The zero-order chi connectivity index (χ0) is 9.84. The molecular formula is C9H16N2OS. The van der Waals surface area contributed by atoms with Gasteiger partial charge in [-0.1, -0.05) is 0 Å². The lowest BCUT2D eigenvalue weighted by atomic mass is 10.3. The number of nitrogens with one attached hydrogen (secondary N) is 1. The van der Waals surface area contributed by atoms with Crippen molar-refractivity contribution >= 4 is 11.3 Å². The highest BCUT2D eigenvalue weighted by molar-refractivity contribution is 7.11. The first-order valence-corrected chi connectivity index (χ1v) is 5.25. The predicted octanol–water partition coefficient (Wildman–Crippen LogP) is 1.48. The number of nitrogens with zero attached hydrogens (tertiary/aromatic N) is 1. The Morgan fingerprint density at radius 1 is 1.62 bits per heavy atom. The third-order valence-electron chi connectivity index (χ3n) is 1.79. The van der Waals surface area contributed by atoms with E-state index in [-0.39, 0.29) is 12.1 Å². The Morgan fingerprint density at radius 3 is 2.77 bits per heavy atom. The molecule has 0 saturated heterocycles. The van der Waals surface area contributed by atoms with E-state index in [9.17, 15) is 0 Å². The van der Waals surface area contributed by atoms with Crippen LogP contribution in [0.5, 0.6) is 0 Å². The lowest BCUT2D eigenvalue weighted by molar-refractivity contribution is 0.187. The number of thiazole rings is 1. The van der Waals surface area contributed by atoms with Crippen molar-refractivity contribution in [2.75, 3.05) is 6.54 Å². The summed E-state index contributed by atoms with van der Waals surface area (Å²) in [5, 5.41) is 13.4. The number of hydrogen-bond acceptors (Lipinski definition) is 4. The number of rotatable bonds is 4. The molecule has 0 spiro atoms. The maximum absolute atomic E-state index is 9.08. The Morgan fingerprint density at radius 2 is 2.31 bits per heavy atom.